The number of aromatic nitrogens is 4. The SMILES string of the molecule is CCC1(Cn2c(Cc3cc(F)c(-c4ccnc(OCc5ccc(C(F)F)cc5F)n4)cc3F)nc3ccc(C(=O)O)cc32)CC1. The lowest BCUT2D eigenvalue weighted by Crippen LogP contribution is -2.14. The lowest BCUT2D eigenvalue weighted by Gasteiger charge is -2.17. The van der Waals surface area contributed by atoms with Crippen LogP contribution in [0.4, 0.5) is 22.0 Å². The van der Waals surface area contributed by atoms with Crippen molar-refractivity contribution >= 4 is 17.0 Å². The number of nitrogens with zero attached hydrogens (tertiary/aromatic N) is 4. The number of imidazole rings is 1. The Bertz CT molecular complexity index is 1920. The van der Waals surface area contributed by atoms with Gasteiger partial charge in [-0.1, -0.05) is 19.1 Å². The van der Waals surface area contributed by atoms with Crippen LogP contribution in [0.3, 0.4) is 0 Å². The van der Waals surface area contributed by atoms with Gasteiger partial charge in [-0.05, 0) is 72.7 Å². The number of alkyl halides is 2. The molecule has 0 amide bonds. The Labute approximate surface area is 254 Å². The Morgan fingerprint density at radius 3 is 2.44 bits per heavy atom. The fourth-order valence-corrected chi connectivity index (χ4v) is 5.36. The highest BCUT2D eigenvalue weighted by Crippen LogP contribution is 2.50. The molecule has 1 N–H and O–H groups in total. The maximum absolute atomic E-state index is 15.5. The van der Waals surface area contributed by atoms with Crippen molar-refractivity contribution in [2.75, 3.05) is 0 Å². The molecule has 0 spiro atoms. The van der Waals surface area contributed by atoms with Crippen LogP contribution in [0, 0.1) is 22.9 Å². The number of ether oxygens (including phenoxy) is 1. The fraction of sp³-hybridized carbons (Fsp3) is 0.273. The van der Waals surface area contributed by atoms with E-state index < -0.39 is 35.4 Å². The van der Waals surface area contributed by atoms with Crippen LogP contribution in [0.2, 0.25) is 0 Å². The van der Waals surface area contributed by atoms with Crippen molar-refractivity contribution in [3.8, 4) is 17.3 Å². The third kappa shape index (κ3) is 6.22. The van der Waals surface area contributed by atoms with E-state index in [1.165, 1.54) is 24.4 Å². The molecule has 0 atom stereocenters. The average Bonchev–Trinajstić information content (AvgIpc) is 3.73. The van der Waals surface area contributed by atoms with Crippen LogP contribution >= 0.6 is 0 Å². The quantitative estimate of drug-likeness (QED) is 0.151. The first kappa shape index (κ1) is 30.2. The molecule has 6 rings (SSSR count). The summed E-state index contributed by atoms with van der Waals surface area (Å²) >= 11 is 0. The minimum Gasteiger partial charge on any atom is -0.478 e. The summed E-state index contributed by atoms with van der Waals surface area (Å²) < 4.78 is 78.2. The lowest BCUT2D eigenvalue weighted by molar-refractivity contribution is 0.0697. The van der Waals surface area contributed by atoms with Crippen LogP contribution in [0.15, 0.2) is 60.8 Å². The number of hydrogen-bond donors (Lipinski definition) is 1. The van der Waals surface area contributed by atoms with Crippen LogP contribution < -0.4 is 4.74 Å². The summed E-state index contributed by atoms with van der Waals surface area (Å²) in [6, 6.07) is 10.8. The third-order valence-corrected chi connectivity index (χ3v) is 8.35. The Balaban J connectivity index is 1.26. The normalized spacial score (nSPS) is 13.8. The van der Waals surface area contributed by atoms with Gasteiger partial charge in [-0.2, -0.15) is 4.98 Å². The van der Waals surface area contributed by atoms with Crippen LogP contribution in [0.5, 0.6) is 6.01 Å². The van der Waals surface area contributed by atoms with Gasteiger partial charge in [0.15, 0.2) is 0 Å². The van der Waals surface area contributed by atoms with Gasteiger partial charge in [0.05, 0.1) is 22.3 Å². The van der Waals surface area contributed by atoms with Gasteiger partial charge in [-0.3, -0.25) is 0 Å². The standard InChI is InChI=1S/C33H27F5N4O3/c1-2-33(8-9-33)17-42-28-13-19(31(43)44)5-6-27(28)40-29(42)14-21-12-25(36)22(15-24(21)35)26-7-10-39-32(41-26)45-16-20-4-3-18(30(37)38)11-23(20)34/h3-7,10-13,15,30H,2,8-9,14,16-17H2,1H3,(H,43,44). The summed E-state index contributed by atoms with van der Waals surface area (Å²) in [7, 11) is 0. The van der Waals surface area contributed by atoms with E-state index in [-0.39, 0.29) is 52.4 Å². The molecule has 0 bridgehead atoms. The van der Waals surface area contributed by atoms with Gasteiger partial charge < -0.3 is 14.4 Å². The molecule has 45 heavy (non-hydrogen) atoms. The minimum atomic E-state index is -2.82. The van der Waals surface area contributed by atoms with Crippen molar-refractivity contribution < 1.29 is 36.6 Å². The largest absolute Gasteiger partial charge is 0.478 e. The summed E-state index contributed by atoms with van der Waals surface area (Å²) in [4.78, 5) is 24.3. The van der Waals surface area contributed by atoms with E-state index >= 15 is 8.78 Å². The van der Waals surface area contributed by atoms with Crippen molar-refractivity contribution in [3.63, 3.8) is 0 Å². The van der Waals surface area contributed by atoms with Crippen molar-refractivity contribution in [2.24, 2.45) is 5.41 Å². The highest BCUT2D eigenvalue weighted by Gasteiger charge is 2.41. The third-order valence-electron chi connectivity index (χ3n) is 8.35. The van der Waals surface area contributed by atoms with Gasteiger partial charge in [0.25, 0.3) is 6.43 Å². The predicted molar refractivity (Wildman–Crippen MR) is 155 cm³/mol. The van der Waals surface area contributed by atoms with Crippen molar-refractivity contribution in [1.82, 2.24) is 19.5 Å². The van der Waals surface area contributed by atoms with Crippen LogP contribution in [-0.2, 0) is 19.6 Å². The van der Waals surface area contributed by atoms with E-state index in [0.29, 0.717) is 23.4 Å². The molecule has 1 aliphatic carbocycles. The highest BCUT2D eigenvalue weighted by molar-refractivity contribution is 5.92. The molecular weight excluding hydrogens is 595 g/mol. The van der Waals surface area contributed by atoms with Crippen LogP contribution in [-0.4, -0.2) is 30.6 Å². The average molecular weight is 623 g/mol. The molecule has 5 aromatic rings. The summed E-state index contributed by atoms with van der Waals surface area (Å²) in [6.07, 6.45) is 1.38. The molecule has 2 aromatic heterocycles. The van der Waals surface area contributed by atoms with Crippen LogP contribution in [0.1, 0.15) is 65.5 Å². The van der Waals surface area contributed by atoms with E-state index in [1.54, 1.807) is 12.1 Å². The van der Waals surface area contributed by atoms with E-state index in [1.807, 2.05) is 4.57 Å². The molecule has 0 unspecified atom stereocenters. The second kappa shape index (κ2) is 11.9. The number of benzene rings is 3. The van der Waals surface area contributed by atoms with Crippen molar-refractivity contribution in [3.05, 3.63) is 106 Å². The number of halogens is 5. The smallest absolute Gasteiger partial charge is 0.335 e. The first-order chi connectivity index (χ1) is 21.6. The van der Waals surface area contributed by atoms with E-state index in [4.69, 9.17) is 4.74 Å². The molecule has 232 valence electrons. The van der Waals surface area contributed by atoms with Gasteiger partial charge in [0.2, 0.25) is 0 Å². The summed E-state index contributed by atoms with van der Waals surface area (Å²) in [5.41, 5.74) is 0.810. The summed E-state index contributed by atoms with van der Waals surface area (Å²) in [5, 5.41) is 9.52. The van der Waals surface area contributed by atoms with E-state index in [0.717, 1.165) is 43.5 Å². The summed E-state index contributed by atoms with van der Waals surface area (Å²) in [6.45, 7) is 2.31. The zero-order valence-electron chi connectivity index (χ0n) is 24.0. The number of fused-ring (bicyclic) bond motifs is 1. The molecule has 1 fully saturated rings. The Kier molecular flexibility index (Phi) is 7.98. The van der Waals surface area contributed by atoms with Crippen molar-refractivity contribution in [1.29, 1.82) is 0 Å². The molecule has 1 aliphatic rings. The van der Waals surface area contributed by atoms with Gasteiger partial charge >= 0.3 is 12.0 Å². The molecule has 7 nitrogen and oxygen atoms in total. The Morgan fingerprint density at radius 1 is 0.978 bits per heavy atom. The number of carboxylic acid groups (broad SMARTS) is 1. The lowest BCUT2D eigenvalue weighted by atomic mass is 10.0. The van der Waals surface area contributed by atoms with Gasteiger partial charge in [0.1, 0.15) is 29.9 Å². The molecule has 2 heterocycles. The number of carboxylic acids is 1. The van der Waals surface area contributed by atoms with E-state index in [2.05, 4.69) is 21.9 Å². The topological polar surface area (TPSA) is 90.1 Å². The Hall–Kier alpha value is -4.87. The number of rotatable bonds is 11. The first-order valence-corrected chi connectivity index (χ1v) is 14.3. The highest BCUT2D eigenvalue weighted by atomic mass is 19.3. The van der Waals surface area contributed by atoms with Gasteiger partial charge in [-0.25, -0.2) is 36.7 Å². The first-order valence-electron chi connectivity index (χ1n) is 14.3. The molecule has 12 heteroatoms. The number of hydrogen-bond acceptors (Lipinski definition) is 5. The molecule has 3 aromatic carbocycles. The minimum absolute atomic E-state index is 0.00766. The maximum Gasteiger partial charge on any atom is 0.335 e. The Morgan fingerprint density at radius 2 is 1.76 bits per heavy atom. The van der Waals surface area contributed by atoms with Crippen molar-refractivity contribution in [2.45, 2.75) is 52.2 Å². The molecule has 0 saturated heterocycles. The second-order valence-corrected chi connectivity index (χ2v) is 11.2. The monoisotopic (exact) mass is 622 g/mol. The zero-order chi connectivity index (χ0) is 31.9. The number of carbonyl (C=O) groups is 1. The molecular formula is C33H27F5N4O3. The van der Waals surface area contributed by atoms with E-state index in [9.17, 15) is 23.1 Å². The predicted octanol–water partition coefficient (Wildman–Crippen LogP) is 7.91. The molecule has 1 saturated carbocycles. The number of aromatic carboxylic acids is 1. The second-order valence-electron chi connectivity index (χ2n) is 11.2. The molecule has 0 aliphatic heterocycles. The summed E-state index contributed by atoms with van der Waals surface area (Å²) in [5.74, 6) is -2.92. The fourth-order valence-electron chi connectivity index (χ4n) is 5.36. The maximum atomic E-state index is 15.5. The molecule has 0 radical (unpaired) electrons. The zero-order valence-corrected chi connectivity index (χ0v) is 24.0. The van der Waals surface area contributed by atoms with Gasteiger partial charge in [-0.15, -0.1) is 0 Å². The van der Waals surface area contributed by atoms with Crippen LogP contribution in [0.25, 0.3) is 22.3 Å². The van der Waals surface area contributed by atoms with Gasteiger partial charge in [0, 0.05) is 35.9 Å².